The highest BCUT2D eigenvalue weighted by Crippen LogP contribution is 2.32. The Hall–Kier alpha value is -2.78. The smallest absolute Gasteiger partial charge is 0.189 e. The highest BCUT2D eigenvalue weighted by atomic mass is 79.9. The fourth-order valence-electron chi connectivity index (χ4n) is 2.34. The van der Waals surface area contributed by atoms with E-state index in [2.05, 4.69) is 41.5 Å². The molecule has 0 aliphatic rings. The first-order chi connectivity index (χ1) is 12.6. The normalized spacial score (nSPS) is 10.8. The van der Waals surface area contributed by atoms with Crippen LogP contribution < -0.4 is 16.4 Å². The second-order valence-corrected chi connectivity index (χ2v) is 7.29. The predicted octanol–water partition coefficient (Wildman–Crippen LogP) is 5.06. The molecule has 0 aliphatic carbocycles. The van der Waals surface area contributed by atoms with E-state index in [-0.39, 0.29) is 11.4 Å². The molecule has 6 nitrogen and oxygen atoms in total. The monoisotopic (exact) mass is 430 g/mol. The maximum absolute atomic E-state index is 14.0. The van der Waals surface area contributed by atoms with Crippen LogP contribution in [0.3, 0.4) is 0 Å². The average Bonchev–Trinajstić information content (AvgIpc) is 3.03. The summed E-state index contributed by atoms with van der Waals surface area (Å²) < 4.78 is 15.7. The van der Waals surface area contributed by atoms with Gasteiger partial charge in [0.05, 0.1) is 15.9 Å². The standard InChI is InChI=1S/C17H12BrFN6S/c18-9-5-6-11(10(19)7-9)23-15-14(20)16(22-8-21-15)25-17-24-12-3-1-2-4-13(12)26-17/h1-8H,20H2,(H2,21,22,23,24,25). The number of aromatic nitrogens is 3. The minimum Gasteiger partial charge on any atom is -0.393 e. The molecule has 9 heteroatoms. The van der Waals surface area contributed by atoms with E-state index in [9.17, 15) is 4.39 Å². The summed E-state index contributed by atoms with van der Waals surface area (Å²) in [7, 11) is 0. The van der Waals surface area contributed by atoms with Gasteiger partial charge in [-0.2, -0.15) is 0 Å². The fraction of sp³-hybridized carbons (Fsp3) is 0. The summed E-state index contributed by atoms with van der Waals surface area (Å²) in [5, 5.41) is 6.66. The first-order valence-corrected chi connectivity index (χ1v) is 9.16. The molecule has 26 heavy (non-hydrogen) atoms. The number of nitrogens with one attached hydrogen (secondary N) is 2. The Morgan fingerprint density at radius 2 is 1.81 bits per heavy atom. The molecule has 0 spiro atoms. The van der Waals surface area contributed by atoms with Crippen LogP contribution in [0.4, 0.5) is 32.5 Å². The maximum Gasteiger partial charge on any atom is 0.189 e. The SMILES string of the molecule is Nc1c(Nc2nc3ccccc3s2)ncnc1Nc1ccc(Br)cc1F. The van der Waals surface area contributed by atoms with Crippen molar-refractivity contribution < 1.29 is 4.39 Å². The number of halogens is 2. The van der Waals surface area contributed by atoms with Crippen molar-refractivity contribution in [2.45, 2.75) is 0 Å². The van der Waals surface area contributed by atoms with E-state index in [1.807, 2.05) is 24.3 Å². The zero-order valence-electron chi connectivity index (χ0n) is 13.2. The first kappa shape index (κ1) is 16.7. The van der Waals surface area contributed by atoms with Crippen LogP contribution in [-0.2, 0) is 0 Å². The third-order valence-electron chi connectivity index (χ3n) is 3.59. The molecule has 2 aromatic heterocycles. The quantitative estimate of drug-likeness (QED) is 0.419. The van der Waals surface area contributed by atoms with Gasteiger partial charge in [-0.15, -0.1) is 0 Å². The van der Waals surface area contributed by atoms with Crippen LogP contribution in [0.1, 0.15) is 0 Å². The molecule has 0 atom stereocenters. The first-order valence-electron chi connectivity index (χ1n) is 7.55. The average molecular weight is 431 g/mol. The van der Waals surface area contributed by atoms with Crippen LogP contribution in [0.25, 0.3) is 10.2 Å². The van der Waals surface area contributed by atoms with Crippen LogP contribution in [0, 0.1) is 5.82 Å². The summed E-state index contributed by atoms with van der Waals surface area (Å²) in [6, 6.07) is 12.5. The van der Waals surface area contributed by atoms with Crippen molar-refractivity contribution in [1.29, 1.82) is 0 Å². The molecule has 130 valence electrons. The van der Waals surface area contributed by atoms with Crippen molar-refractivity contribution in [1.82, 2.24) is 15.0 Å². The molecule has 0 fully saturated rings. The second-order valence-electron chi connectivity index (χ2n) is 5.35. The number of hydrogen-bond acceptors (Lipinski definition) is 7. The molecule has 4 aromatic rings. The Bertz CT molecular complexity index is 1070. The number of nitrogens with zero attached hydrogens (tertiary/aromatic N) is 3. The van der Waals surface area contributed by atoms with E-state index < -0.39 is 5.82 Å². The molecule has 0 bridgehead atoms. The number of rotatable bonds is 4. The van der Waals surface area contributed by atoms with Gasteiger partial charge in [-0.3, -0.25) is 0 Å². The van der Waals surface area contributed by atoms with Crippen molar-refractivity contribution in [2.75, 3.05) is 16.4 Å². The van der Waals surface area contributed by atoms with Crippen molar-refractivity contribution in [2.24, 2.45) is 0 Å². The van der Waals surface area contributed by atoms with Crippen molar-refractivity contribution in [3.8, 4) is 0 Å². The van der Waals surface area contributed by atoms with Gasteiger partial charge in [0.2, 0.25) is 0 Å². The summed E-state index contributed by atoms with van der Waals surface area (Å²) in [6.45, 7) is 0. The van der Waals surface area contributed by atoms with E-state index in [4.69, 9.17) is 5.73 Å². The number of thiazole rings is 1. The largest absolute Gasteiger partial charge is 0.393 e. The summed E-state index contributed by atoms with van der Waals surface area (Å²) in [4.78, 5) is 12.8. The van der Waals surface area contributed by atoms with Crippen LogP contribution in [-0.4, -0.2) is 15.0 Å². The molecule has 0 saturated heterocycles. The van der Waals surface area contributed by atoms with E-state index in [1.54, 1.807) is 12.1 Å². The number of fused-ring (bicyclic) bond motifs is 1. The fourth-order valence-corrected chi connectivity index (χ4v) is 3.54. The number of para-hydroxylation sites is 1. The highest BCUT2D eigenvalue weighted by molar-refractivity contribution is 9.10. The molecule has 0 saturated carbocycles. The van der Waals surface area contributed by atoms with Crippen molar-refractivity contribution >= 4 is 65.6 Å². The molecule has 4 N–H and O–H groups in total. The van der Waals surface area contributed by atoms with Crippen LogP contribution in [0.5, 0.6) is 0 Å². The van der Waals surface area contributed by atoms with E-state index in [0.717, 1.165) is 10.2 Å². The second kappa shape index (κ2) is 6.85. The van der Waals surface area contributed by atoms with Gasteiger partial charge in [-0.05, 0) is 30.3 Å². The molecular formula is C17H12BrFN6S. The number of nitrogens with two attached hydrogens (primary N) is 1. The summed E-state index contributed by atoms with van der Waals surface area (Å²) in [6.07, 6.45) is 1.35. The number of anilines is 5. The molecule has 2 aromatic carbocycles. The van der Waals surface area contributed by atoms with Crippen molar-refractivity contribution in [3.63, 3.8) is 0 Å². The lowest BCUT2D eigenvalue weighted by Crippen LogP contribution is -2.05. The Labute approximate surface area is 160 Å². The predicted molar refractivity (Wildman–Crippen MR) is 107 cm³/mol. The zero-order valence-corrected chi connectivity index (χ0v) is 15.6. The summed E-state index contributed by atoms with van der Waals surface area (Å²) in [5.74, 6) is 0.293. The van der Waals surface area contributed by atoms with Crippen LogP contribution in [0.2, 0.25) is 0 Å². The minimum absolute atomic E-state index is 0.268. The van der Waals surface area contributed by atoms with E-state index in [0.29, 0.717) is 21.2 Å². The third-order valence-corrected chi connectivity index (χ3v) is 5.03. The minimum atomic E-state index is -0.418. The molecule has 4 rings (SSSR count). The van der Waals surface area contributed by atoms with Gasteiger partial charge < -0.3 is 16.4 Å². The molecule has 2 heterocycles. The Kier molecular flexibility index (Phi) is 4.39. The van der Waals surface area contributed by atoms with E-state index in [1.165, 1.54) is 23.7 Å². The maximum atomic E-state index is 14.0. The van der Waals surface area contributed by atoms with Gasteiger partial charge in [-0.25, -0.2) is 19.3 Å². The van der Waals surface area contributed by atoms with Gasteiger partial charge in [0.15, 0.2) is 16.8 Å². The summed E-state index contributed by atoms with van der Waals surface area (Å²) >= 11 is 4.72. The molecular weight excluding hydrogens is 419 g/mol. The van der Waals surface area contributed by atoms with Gasteiger partial charge >= 0.3 is 0 Å². The lowest BCUT2D eigenvalue weighted by Gasteiger charge is -2.12. The van der Waals surface area contributed by atoms with Crippen LogP contribution in [0.15, 0.2) is 53.3 Å². The summed E-state index contributed by atoms with van der Waals surface area (Å²) in [5.41, 5.74) is 7.58. The number of benzene rings is 2. The van der Waals surface area contributed by atoms with E-state index >= 15 is 0 Å². The lowest BCUT2D eigenvalue weighted by atomic mass is 10.3. The van der Waals surface area contributed by atoms with Gasteiger partial charge in [0.1, 0.15) is 17.8 Å². The molecule has 0 unspecified atom stereocenters. The Morgan fingerprint density at radius 3 is 2.58 bits per heavy atom. The Morgan fingerprint density at radius 1 is 1.04 bits per heavy atom. The van der Waals surface area contributed by atoms with Crippen molar-refractivity contribution in [3.05, 3.63) is 59.1 Å². The topological polar surface area (TPSA) is 88.8 Å². The molecule has 0 amide bonds. The van der Waals surface area contributed by atoms with Crippen LogP contribution >= 0.6 is 27.3 Å². The van der Waals surface area contributed by atoms with Gasteiger partial charge in [0, 0.05) is 4.47 Å². The zero-order chi connectivity index (χ0) is 18.1. The third kappa shape index (κ3) is 3.31. The highest BCUT2D eigenvalue weighted by Gasteiger charge is 2.12. The van der Waals surface area contributed by atoms with Gasteiger partial charge in [0.25, 0.3) is 0 Å². The van der Waals surface area contributed by atoms with Gasteiger partial charge in [-0.1, -0.05) is 39.4 Å². The lowest BCUT2D eigenvalue weighted by molar-refractivity contribution is 0.631. The number of hydrogen-bond donors (Lipinski definition) is 3. The Balaban J connectivity index is 1.62. The molecule has 0 radical (unpaired) electrons. The molecule has 0 aliphatic heterocycles. The number of nitrogen functional groups attached to an aromatic ring is 1.